The standard InChI is InChI=1S/C17H27NO2/c1-2-14-7-6-8-15(11-14)18-12-16(19)13-20-17-9-4-3-5-10-17/h3-5,9-10,14-16,18-19H,2,6-8,11-13H2,1H3. The first kappa shape index (κ1) is 15.3. The van der Waals surface area contributed by atoms with Gasteiger partial charge in [-0.1, -0.05) is 44.4 Å². The summed E-state index contributed by atoms with van der Waals surface area (Å²) >= 11 is 0. The summed E-state index contributed by atoms with van der Waals surface area (Å²) in [6, 6.07) is 10.2. The SMILES string of the molecule is CCC1CCCC(NCC(O)COc2ccccc2)C1. The van der Waals surface area contributed by atoms with E-state index in [1.165, 1.54) is 32.1 Å². The molecule has 3 unspecified atom stereocenters. The second-order valence-corrected chi connectivity index (χ2v) is 5.82. The number of para-hydroxylation sites is 1. The molecule has 1 saturated carbocycles. The highest BCUT2D eigenvalue weighted by Crippen LogP contribution is 2.26. The van der Waals surface area contributed by atoms with Crippen LogP contribution in [0.25, 0.3) is 0 Å². The van der Waals surface area contributed by atoms with Crippen LogP contribution < -0.4 is 10.1 Å². The predicted octanol–water partition coefficient (Wildman–Crippen LogP) is 2.98. The maximum Gasteiger partial charge on any atom is 0.119 e. The van der Waals surface area contributed by atoms with Crippen molar-refractivity contribution < 1.29 is 9.84 Å². The summed E-state index contributed by atoms with van der Waals surface area (Å²) in [5.74, 6) is 1.68. The van der Waals surface area contributed by atoms with Crippen molar-refractivity contribution in [2.75, 3.05) is 13.2 Å². The Kier molecular flexibility index (Phi) is 6.34. The van der Waals surface area contributed by atoms with E-state index in [0.717, 1.165) is 11.7 Å². The number of ether oxygens (including phenoxy) is 1. The molecular weight excluding hydrogens is 250 g/mol. The third-order valence-electron chi connectivity index (χ3n) is 4.19. The number of rotatable bonds is 7. The number of aliphatic hydroxyl groups excluding tert-OH is 1. The van der Waals surface area contributed by atoms with E-state index in [4.69, 9.17) is 4.74 Å². The highest BCUT2D eigenvalue weighted by molar-refractivity contribution is 5.20. The van der Waals surface area contributed by atoms with E-state index >= 15 is 0 Å². The van der Waals surface area contributed by atoms with Crippen LogP contribution in [-0.2, 0) is 0 Å². The zero-order valence-electron chi connectivity index (χ0n) is 12.4. The third-order valence-corrected chi connectivity index (χ3v) is 4.19. The van der Waals surface area contributed by atoms with Crippen LogP contribution in [0.1, 0.15) is 39.0 Å². The Bertz CT molecular complexity index is 369. The van der Waals surface area contributed by atoms with Crippen molar-refractivity contribution in [2.45, 2.75) is 51.2 Å². The van der Waals surface area contributed by atoms with Crippen molar-refractivity contribution in [2.24, 2.45) is 5.92 Å². The summed E-state index contributed by atoms with van der Waals surface area (Å²) in [4.78, 5) is 0. The van der Waals surface area contributed by atoms with Crippen molar-refractivity contribution >= 4 is 0 Å². The zero-order chi connectivity index (χ0) is 14.2. The second kappa shape index (κ2) is 8.28. The lowest BCUT2D eigenvalue weighted by molar-refractivity contribution is 0.1000. The topological polar surface area (TPSA) is 41.5 Å². The molecule has 3 heteroatoms. The summed E-state index contributed by atoms with van der Waals surface area (Å²) in [7, 11) is 0. The molecule has 112 valence electrons. The molecule has 1 fully saturated rings. The summed E-state index contributed by atoms with van der Waals surface area (Å²) in [6.45, 7) is 3.24. The molecule has 0 aliphatic heterocycles. The molecule has 1 aromatic carbocycles. The van der Waals surface area contributed by atoms with E-state index in [0.29, 0.717) is 19.2 Å². The summed E-state index contributed by atoms with van der Waals surface area (Å²) in [5.41, 5.74) is 0. The monoisotopic (exact) mass is 277 g/mol. The summed E-state index contributed by atoms with van der Waals surface area (Å²) in [6.07, 6.45) is 6.00. The van der Waals surface area contributed by atoms with Gasteiger partial charge in [-0.3, -0.25) is 0 Å². The van der Waals surface area contributed by atoms with Crippen LogP contribution >= 0.6 is 0 Å². The van der Waals surface area contributed by atoms with Gasteiger partial charge in [0.2, 0.25) is 0 Å². The fraction of sp³-hybridized carbons (Fsp3) is 0.647. The van der Waals surface area contributed by atoms with Gasteiger partial charge in [0.05, 0.1) is 0 Å². The molecule has 1 aliphatic carbocycles. The molecule has 1 aliphatic rings. The number of benzene rings is 1. The molecule has 1 aromatic rings. The van der Waals surface area contributed by atoms with E-state index in [2.05, 4.69) is 12.2 Å². The Labute approximate surface area is 122 Å². The Morgan fingerprint density at radius 3 is 2.85 bits per heavy atom. The second-order valence-electron chi connectivity index (χ2n) is 5.82. The molecule has 2 N–H and O–H groups in total. The van der Waals surface area contributed by atoms with Crippen molar-refractivity contribution in [3.05, 3.63) is 30.3 Å². The Hall–Kier alpha value is -1.06. The molecule has 3 atom stereocenters. The van der Waals surface area contributed by atoms with E-state index in [1.807, 2.05) is 30.3 Å². The number of nitrogens with one attached hydrogen (secondary N) is 1. The first-order chi connectivity index (χ1) is 9.78. The fourth-order valence-electron chi connectivity index (χ4n) is 2.92. The van der Waals surface area contributed by atoms with Crippen LogP contribution in [0.2, 0.25) is 0 Å². The van der Waals surface area contributed by atoms with Crippen LogP contribution in [0, 0.1) is 5.92 Å². The van der Waals surface area contributed by atoms with Gasteiger partial charge in [-0.05, 0) is 30.9 Å². The first-order valence-corrected chi connectivity index (χ1v) is 7.87. The van der Waals surface area contributed by atoms with Crippen LogP contribution in [-0.4, -0.2) is 30.4 Å². The van der Waals surface area contributed by atoms with Crippen LogP contribution in [0.5, 0.6) is 5.75 Å². The van der Waals surface area contributed by atoms with E-state index < -0.39 is 6.10 Å². The van der Waals surface area contributed by atoms with Crippen LogP contribution in [0.4, 0.5) is 0 Å². The van der Waals surface area contributed by atoms with Gasteiger partial charge in [-0.15, -0.1) is 0 Å². The highest BCUT2D eigenvalue weighted by Gasteiger charge is 2.20. The van der Waals surface area contributed by atoms with E-state index in [1.54, 1.807) is 0 Å². The minimum atomic E-state index is -0.447. The predicted molar refractivity (Wildman–Crippen MR) is 82.0 cm³/mol. The molecule has 2 rings (SSSR count). The number of hydrogen-bond donors (Lipinski definition) is 2. The maximum absolute atomic E-state index is 9.98. The minimum Gasteiger partial charge on any atom is -0.491 e. The maximum atomic E-state index is 9.98. The average molecular weight is 277 g/mol. The Morgan fingerprint density at radius 1 is 1.30 bits per heavy atom. The van der Waals surface area contributed by atoms with Gasteiger partial charge >= 0.3 is 0 Å². The molecule has 0 saturated heterocycles. The van der Waals surface area contributed by atoms with E-state index in [9.17, 15) is 5.11 Å². The van der Waals surface area contributed by atoms with Gasteiger partial charge in [-0.25, -0.2) is 0 Å². The van der Waals surface area contributed by atoms with Crippen LogP contribution in [0.3, 0.4) is 0 Å². The molecule has 0 bridgehead atoms. The van der Waals surface area contributed by atoms with Gasteiger partial charge in [0.15, 0.2) is 0 Å². The largest absolute Gasteiger partial charge is 0.491 e. The van der Waals surface area contributed by atoms with E-state index in [-0.39, 0.29) is 0 Å². The van der Waals surface area contributed by atoms with Crippen molar-refractivity contribution in [3.63, 3.8) is 0 Å². The molecule has 0 amide bonds. The van der Waals surface area contributed by atoms with Crippen molar-refractivity contribution in [1.29, 1.82) is 0 Å². The lowest BCUT2D eigenvalue weighted by Crippen LogP contribution is -2.40. The van der Waals surface area contributed by atoms with Gasteiger partial charge in [0.25, 0.3) is 0 Å². The number of hydrogen-bond acceptors (Lipinski definition) is 3. The van der Waals surface area contributed by atoms with Crippen molar-refractivity contribution in [3.8, 4) is 5.75 Å². The molecule has 0 spiro atoms. The minimum absolute atomic E-state index is 0.348. The highest BCUT2D eigenvalue weighted by atomic mass is 16.5. The quantitative estimate of drug-likeness (QED) is 0.805. The Morgan fingerprint density at radius 2 is 2.10 bits per heavy atom. The zero-order valence-corrected chi connectivity index (χ0v) is 12.4. The Balaban J connectivity index is 1.63. The normalized spacial score (nSPS) is 24.3. The van der Waals surface area contributed by atoms with Gasteiger partial charge in [0.1, 0.15) is 18.5 Å². The first-order valence-electron chi connectivity index (χ1n) is 7.87. The third kappa shape index (κ3) is 5.14. The van der Waals surface area contributed by atoms with Gasteiger partial charge in [-0.2, -0.15) is 0 Å². The fourth-order valence-corrected chi connectivity index (χ4v) is 2.92. The van der Waals surface area contributed by atoms with Gasteiger partial charge < -0.3 is 15.2 Å². The summed E-state index contributed by atoms with van der Waals surface area (Å²) < 4.78 is 5.56. The summed E-state index contributed by atoms with van der Waals surface area (Å²) in [5, 5.41) is 13.5. The average Bonchev–Trinajstić information content (AvgIpc) is 2.52. The van der Waals surface area contributed by atoms with Crippen LogP contribution in [0.15, 0.2) is 30.3 Å². The lowest BCUT2D eigenvalue weighted by Gasteiger charge is -2.29. The lowest BCUT2D eigenvalue weighted by atomic mass is 9.84. The molecule has 0 aromatic heterocycles. The number of aliphatic hydroxyl groups is 1. The molecule has 0 radical (unpaired) electrons. The molecule has 20 heavy (non-hydrogen) atoms. The molecule has 3 nitrogen and oxygen atoms in total. The molecular formula is C17H27NO2. The van der Waals surface area contributed by atoms with Crippen molar-refractivity contribution in [1.82, 2.24) is 5.32 Å². The van der Waals surface area contributed by atoms with Gasteiger partial charge in [0, 0.05) is 12.6 Å². The molecule has 0 heterocycles. The smallest absolute Gasteiger partial charge is 0.119 e.